The fraction of sp³-hybridized carbons (Fsp3) is 0.286. The Morgan fingerprint density at radius 1 is 1.40 bits per heavy atom. The molecule has 6 heteroatoms. The molecule has 0 amide bonds. The molecular formula is C14H14FN3O2. The van der Waals surface area contributed by atoms with Gasteiger partial charge in [-0.25, -0.2) is 4.39 Å². The van der Waals surface area contributed by atoms with Gasteiger partial charge in [-0.15, -0.1) is 0 Å². The minimum Gasteiger partial charge on any atom is -0.506 e. The van der Waals surface area contributed by atoms with Crippen LogP contribution in [-0.2, 0) is 6.54 Å². The minimum absolute atomic E-state index is 0.143. The van der Waals surface area contributed by atoms with Gasteiger partial charge in [0.15, 0.2) is 0 Å². The van der Waals surface area contributed by atoms with Crippen LogP contribution in [0, 0.1) is 5.82 Å². The van der Waals surface area contributed by atoms with Crippen molar-refractivity contribution in [1.29, 1.82) is 0 Å². The van der Waals surface area contributed by atoms with Crippen LogP contribution in [0.1, 0.15) is 18.5 Å². The van der Waals surface area contributed by atoms with E-state index >= 15 is 0 Å². The molecule has 0 saturated heterocycles. The van der Waals surface area contributed by atoms with Gasteiger partial charge in [-0.3, -0.25) is 4.79 Å². The summed E-state index contributed by atoms with van der Waals surface area (Å²) in [6.45, 7) is 0.381. The lowest BCUT2D eigenvalue weighted by molar-refractivity contribution is 0.451. The van der Waals surface area contributed by atoms with Crippen molar-refractivity contribution in [3.63, 3.8) is 0 Å². The molecule has 0 radical (unpaired) electrons. The van der Waals surface area contributed by atoms with Gasteiger partial charge in [0.25, 0.3) is 5.56 Å². The second kappa shape index (κ2) is 5.05. The Labute approximate surface area is 114 Å². The van der Waals surface area contributed by atoms with E-state index in [-0.39, 0.29) is 5.75 Å². The molecule has 1 aliphatic carbocycles. The normalized spacial score (nSPS) is 14.4. The van der Waals surface area contributed by atoms with E-state index in [1.165, 1.54) is 18.2 Å². The first-order chi connectivity index (χ1) is 9.63. The number of aromatic nitrogens is 2. The molecule has 20 heavy (non-hydrogen) atoms. The van der Waals surface area contributed by atoms with E-state index in [0.717, 1.165) is 23.6 Å². The van der Waals surface area contributed by atoms with Crippen molar-refractivity contribution in [1.82, 2.24) is 15.1 Å². The summed E-state index contributed by atoms with van der Waals surface area (Å²) in [5, 5.41) is 17.1. The molecule has 5 nitrogen and oxygen atoms in total. The van der Waals surface area contributed by atoms with Crippen LogP contribution < -0.4 is 10.9 Å². The Morgan fingerprint density at radius 3 is 2.90 bits per heavy atom. The summed E-state index contributed by atoms with van der Waals surface area (Å²) in [6, 6.07) is 7.18. The van der Waals surface area contributed by atoms with Gasteiger partial charge in [0.05, 0.1) is 5.69 Å². The van der Waals surface area contributed by atoms with Gasteiger partial charge in [-0.05, 0) is 31.0 Å². The number of aromatic hydroxyl groups is 1. The maximum Gasteiger partial charge on any atom is 0.275 e. The number of benzene rings is 1. The lowest BCUT2D eigenvalue weighted by Crippen LogP contribution is -2.24. The highest BCUT2D eigenvalue weighted by Gasteiger charge is 2.21. The van der Waals surface area contributed by atoms with Crippen LogP contribution in [-0.4, -0.2) is 20.9 Å². The van der Waals surface area contributed by atoms with Gasteiger partial charge < -0.3 is 10.4 Å². The topological polar surface area (TPSA) is 67.2 Å². The standard InChI is InChI=1S/C14H14FN3O2/c15-9-2-1-3-11(6-9)18-14(20)7-13(19)12(17-18)8-16-10-4-5-10/h1-3,6-7,10,16,19H,4-5,8H2. The first-order valence-corrected chi connectivity index (χ1v) is 6.45. The molecule has 0 aliphatic heterocycles. The van der Waals surface area contributed by atoms with Crippen molar-refractivity contribution in [3.8, 4) is 11.4 Å². The molecule has 1 fully saturated rings. The number of hydrogen-bond acceptors (Lipinski definition) is 4. The van der Waals surface area contributed by atoms with Crippen LogP contribution in [0.3, 0.4) is 0 Å². The lowest BCUT2D eigenvalue weighted by Gasteiger charge is -2.09. The zero-order valence-corrected chi connectivity index (χ0v) is 10.7. The summed E-state index contributed by atoms with van der Waals surface area (Å²) in [5.41, 5.74) is 0.215. The van der Waals surface area contributed by atoms with Gasteiger partial charge in [0, 0.05) is 18.7 Å². The Kier molecular flexibility index (Phi) is 3.23. The van der Waals surface area contributed by atoms with Gasteiger partial charge in [0.2, 0.25) is 0 Å². The highest BCUT2D eigenvalue weighted by atomic mass is 19.1. The molecule has 1 aliphatic rings. The summed E-state index contributed by atoms with van der Waals surface area (Å²) in [6.07, 6.45) is 2.23. The molecule has 104 valence electrons. The summed E-state index contributed by atoms with van der Waals surface area (Å²) < 4.78 is 14.3. The van der Waals surface area contributed by atoms with Crippen LogP contribution in [0.25, 0.3) is 5.69 Å². The first kappa shape index (κ1) is 12.8. The van der Waals surface area contributed by atoms with Gasteiger partial charge >= 0.3 is 0 Å². The van der Waals surface area contributed by atoms with Crippen LogP contribution in [0.5, 0.6) is 5.75 Å². The van der Waals surface area contributed by atoms with Crippen LogP contribution >= 0.6 is 0 Å². The Morgan fingerprint density at radius 2 is 2.20 bits per heavy atom. The maximum absolute atomic E-state index is 13.2. The van der Waals surface area contributed by atoms with Crippen molar-refractivity contribution in [2.75, 3.05) is 0 Å². The predicted octanol–water partition coefficient (Wildman–Crippen LogP) is 1.33. The molecular weight excluding hydrogens is 261 g/mol. The molecule has 3 rings (SSSR count). The third kappa shape index (κ3) is 2.70. The lowest BCUT2D eigenvalue weighted by atomic mass is 10.3. The van der Waals surface area contributed by atoms with E-state index in [1.807, 2.05) is 0 Å². The maximum atomic E-state index is 13.2. The third-order valence-corrected chi connectivity index (χ3v) is 3.17. The average molecular weight is 275 g/mol. The number of nitrogens with one attached hydrogen (secondary N) is 1. The number of halogens is 1. The van der Waals surface area contributed by atoms with E-state index in [0.29, 0.717) is 24.0 Å². The van der Waals surface area contributed by atoms with Gasteiger partial charge in [0.1, 0.15) is 17.3 Å². The smallest absolute Gasteiger partial charge is 0.275 e. The molecule has 0 atom stereocenters. The van der Waals surface area contributed by atoms with E-state index in [4.69, 9.17) is 0 Å². The molecule has 1 heterocycles. The van der Waals surface area contributed by atoms with Crippen molar-refractivity contribution < 1.29 is 9.50 Å². The predicted molar refractivity (Wildman–Crippen MR) is 71.3 cm³/mol. The number of nitrogens with zero attached hydrogens (tertiary/aromatic N) is 2. The molecule has 0 unspecified atom stereocenters. The number of hydrogen-bond donors (Lipinski definition) is 2. The van der Waals surface area contributed by atoms with Crippen molar-refractivity contribution >= 4 is 0 Å². The Bertz CT molecular complexity index is 695. The first-order valence-electron chi connectivity index (χ1n) is 6.45. The highest BCUT2D eigenvalue weighted by Crippen LogP contribution is 2.20. The molecule has 1 saturated carbocycles. The van der Waals surface area contributed by atoms with Crippen LogP contribution in [0.2, 0.25) is 0 Å². The van der Waals surface area contributed by atoms with E-state index in [1.54, 1.807) is 6.07 Å². The number of rotatable bonds is 4. The summed E-state index contributed by atoms with van der Waals surface area (Å²) in [4.78, 5) is 11.9. The van der Waals surface area contributed by atoms with Crippen molar-refractivity contribution in [3.05, 3.63) is 52.2 Å². The summed E-state index contributed by atoms with van der Waals surface area (Å²) in [5.74, 6) is -0.585. The van der Waals surface area contributed by atoms with Crippen molar-refractivity contribution in [2.24, 2.45) is 0 Å². The quantitative estimate of drug-likeness (QED) is 0.883. The molecule has 1 aromatic carbocycles. The Balaban J connectivity index is 1.96. The van der Waals surface area contributed by atoms with E-state index in [9.17, 15) is 14.3 Å². The molecule has 0 bridgehead atoms. The Hall–Kier alpha value is -2.21. The highest BCUT2D eigenvalue weighted by molar-refractivity contribution is 5.33. The molecule has 2 N–H and O–H groups in total. The largest absolute Gasteiger partial charge is 0.506 e. The van der Waals surface area contributed by atoms with Crippen molar-refractivity contribution in [2.45, 2.75) is 25.4 Å². The fourth-order valence-corrected chi connectivity index (χ4v) is 1.93. The minimum atomic E-state index is -0.497. The fourth-order valence-electron chi connectivity index (χ4n) is 1.93. The second-order valence-electron chi connectivity index (χ2n) is 4.86. The second-order valence-corrected chi connectivity index (χ2v) is 4.86. The summed E-state index contributed by atoms with van der Waals surface area (Å²) >= 11 is 0. The molecule has 2 aromatic rings. The van der Waals surface area contributed by atoms with Gasteiger partial charge in [-0.1, -0.05) is 6.07 Å². The van der Waals surface area contributed by atoms with Crippen LogP contribution in [0.15, 0.2) is 35.1 Å². The van der Waals surface area contributed by atoms with Gasteiger partial charge in [-0.2, -0.15) is 9.78 Å². The van der Waals surface area contributed by atoms with E-state index in [2.05, 4.69) is 10.4 Å². The zero-order valence-electron chi connectivity index (χ0n) is 10.7. The molecule has 0 spiro atoms. The molecule has 1 aromatic heterocycles. The van der Waals surface area contributed by atoms with Crippen LogP contribution in [0.4, 0.5) is 4.39 Å². The van der Waals surface area contributed by atoms with E-state index < -0.39 is 11.4 Å². The third-order valence-electron chi connectivity index (χ3n) is 3.17. The average Bonchev–Trinajstić information content (AvgIpc) is 3.22. The summed E-state index contributed by atoms with van der Waals surface area (Å²) in [7, 11) is 0. The monoisotopic (exact) mass is 275 g/mol. The zero-order chi connectivity index (χ0) is 14.1. The SMILES string of the molecule is O=c1cc(O)c(CNC2CC2)nn1-c1cccc(F)c1.